The molecular formula is C20H33ClN4O3S2. The summed E-state index contributed by atoms with van der Waals surface area (Å²) in [5.74, 6) is 0.0121. The zero-order chi connectivity index (χ0) is 20.8. The van der Waals surface area contributed by atoms with Crippen LogP contribution in [0.15, 0.2) is 10.4 Å². The highest BCUT2D eigenvalue weighted by molar-refractivity contribution is 8.01. The molecule has 0 radical (unpaired) electrons. The highest BCUT2D eigenvalue weighted by Gasteiger charge is 2.34. The third-order valence-corrected chi connectivity index (χ3v) is 8.23. The Morgan fingerprint density at radius 1 is 1.23 bits per heavy atom. The zero-order valence-electron chi connectivity index (χ0n) is 17.4. The molecule has 1 heterocycles. The number of carboxylic acids is 1. The maximum absolute atomic E-state index is 13.2. The summed E-state index contributed by atoms with van der Waals surface area (Å²) < 4.78 is 0.854. The van der Waals surface area contributed by atoms with E-state index < -0.39 is 12.0 Å². The van der Waals surface area contributed by atoms with E-state index in [1.165, 1.54) is 55.2 Å². The minimum atomic E-state index is -1.01. The summed E-state index contributed by atoms with van der Waals surface area (Å²) in [5, 5.41) is 12.5. The first-order chi connectivity index (χ1) is 13.9. The van der Waals surface area contributed by atoms with E-state index in [0.717, 1.165) is 35.8 Å². The van der Waals surface area contributed by atoms with Crippen molar-refractivity contribution in [3.8, 4) is 0 Å². The van der Waals surface area contributed by atoms with Gasteiger partial charge >= 0.3 is 12.0 Å². The third kappa shape index (κ3) is 7.00. The lowest BCUT2D eigenvalue weighted by Crippen LogP contribution is -2.51. The Kier molecular flexibility index (Phi) is 10.2. The van der Waals surface area contributed by atoms with Gasteiger partial charge in [0.15, 0.2) is 5.13 Å². The second-order valence-electron chi connectivity index (χ2n) is 8.28. The maximum Gasteiger partial charge on any atom is 0.324 e. The van der Waals surface area contributed by atoms with E-state index in [4.69, 9.17) is 10.8 Å². The largest absolute Gasteiger partial charge is 0.480 e. The number of thiazole rings is 1. The number of carboxylic acid groups (broad SMARTS) is 1. The molecule has 2 fully saturated rings. The average Bonchev–Trinajstić information content (AvgIpc) is 3.15. The number of aromatic nitrogens is 1. The van der Waals surface area contributed by atoms with Crippen molar-refractivity contribution < 1.29 is 14.7 Å². The van der Waals surface area contributed by atoms with Crippen molar-refractivity contribution in [2.24, 2.45) is 11.7 Å². The molecule has 0 saturated heterocycles. The van der Waals surface area contributed by atoms with Gasteiger partial charge in [0, 0.05) is 17.8 Å². The molecule has 3 rings (SSSR count). The minimum absolute atomic E-state index is 0. The van der Waals surface area contributed by atoms with Crippen molar-refractivity contribution >= 4 is 52.6 Å². The van der Waals surface area contributed by atoms with Crippen LogP contribution in [0.1, 0.15) is 64.7 Å². The molecule has 0 spiro atoms. The maximum atomic E-state index is 13.2. The Morgan fingerprint density at radius 2 is 1.87 bits per heavy atom. The number of anilines is 1. The number of thioether (sulfide) groups is 1. The number of rotatable bonds is 7. The Bertz CT molecular complexity index is 691. The van der Waals surface area contributed by atoms with E-state index >= 15 is 0 Å². The quantitative estimate of drug-likeness (QED) is 0.487. The van der Waals surface area contributed by atoms with Gasteiger partial charge in [-0.3, -0.25) is 10.1 Å². The molecule has 2 aliphatic rings. The van der Waals surface area contributed by atoms with Crippen molar-refractivity contribution in [3.63, 3.8) is 0 Å². The predicted octanol–water partition coefficient (Wildman–Crippen LogP) is 4.81. The summed E-state index contributed by atoms with van der Waals surface area (Å²) in [7, 11) is 0. The van der Waals surface area contributed by atoms with Crippen LogP contribution in [-0.2, 0) is 4.79 Å². The molecule has 0 aromatic carbocycles. The molecule has 1 aromatic rings. The SMILES string of the molecule is C[C@H]1CC[C@H](N(C(=O)Nc2ncc(SC[C@@H](N)C(=O)O)s2)C2CCCCC2)CC1.Cl. The van der Waals surface area contributed by atoms with Gasteiger partial charge in [-0.25, -0.2) is 9.78 Å². The molecule has 10 heteroatoms. The van der Waals surface area contributed by atoms with Gasteiger partial charge in [0.25, 0.3) is 0 Å². The van der Waals surface area contributed by atoms with Gasteiger partial charge < -0.3 is 15.7 Å². The number of hydrogen-bond donors (Lipinski definition) is 3. The number of amides is 2. The summed E-state index contributed by atoms with van der Waals surface area (Å²) in [6, 6.07) is -0.304. The lowest BCUT2D eigenvalue weighted by Gasteiger charge is -2.42. The van der Waals surface area contributed by atoms with Crippen LogP contribution in [-0.4, -0.2) is 50.9 Å². The van der Waals surface area contributed by atoms with Crippen molar-refractivity contribution in [2.45, 2.75) is 87.0 Å². The van der Waals surface area contributed by atoms with Crippen molar-refractivity contribution in [2.75, 3.05) is 11.1 Å². The van der Waals surface area contributed by atoms with E-state index in [9.17, 15) is 9.59 Å². The predicted molar refractivity (Wildman–Crippen MR) is 125 cm³/mol. The van der Waals surface area contributed by atoms with E-state index in [1.54, 1.807) is 6.20 Å². The van der Waals surface area contributed by atoms with Gasteiger partial charge in [0.2, 0.25) is 0 Å². The molecule has 0 unspecified atom stereocenters. The second kappa shape index (κ2) is 12.1. The van der Waals surface area contributed by atoms with E-state index in [2.05, 4.69) is 22.1 Å². The summed E-state index contributed by atoms with van der Waals surface area (Å²) >= 11 is 2.73. The number of nitrogens with one attached hydrogen (secondary N) is 1. The number of nitrogens with two attached hydrogens (primary N) is 1. The number of nitrogens with zero attached hydrogens (tertiary/aromatic N) is 2. The van der Waals surface area contributed by atoms with Crippen molar-refractivity contribution in [1.82, 2.24) is 9.88 Å². The fraction of sp³-hybridized carbons (Fsp3) is 0.750. The number of hydrogen-bond acceptors (Lipinski definition) is 6. The number of aliphatic carboxylic acids is 1. The van der Waals surface area contributed by atoms with Crippen LogP contribution in [0.4, 0.5) is 9.93 Å². The van der Waals surface area contributed by atoms with Gasteiger partial charge in [-0.15, -0.1) is 24.2 Å². The lowest BCUT2D eigenvalue weighted by molar-refractivity contribution is -0.137. The Morgan fingerprint density at radius 3 is 2.50 bits per heavy atom. The van der Waals surface area contributed by atoms with Crippen LogP contribution in [0.3, 0.4) is 0 Å². The molecule has 4 N–H and O–H groups in total. The van der Waals surface area contributed by atoms with E-state index in [-0.39, 0.29) is 24.2 Å². The fourth-order valence-corrected chi connectivity index (χ4v) is 6.12. The second-order valence-corrected chi connectivity index (χ2v) is 10.6. The van der Waals surface area contributed by atoms with Gasteiger partial charge in [-0.05, 0) is 44.4 Å². The van der Waals surface area contributed by atoms with Crippen LogP contribution >= 0.6 is 35.5 Å². The van der Waals surface area contributed by atoms with Crippen LogP contribution in [0.2, 0.25) is 0 Å². The molecular weight excluding hydrogens is 444 g/mol. The van der Waals surface area contributed by atoms with Gasteiger partial charge in [0.1, 0.15) is 6.04 Å². The zero-order valence-corrected chi connectivity index (χ0v) is 19.9. The van der Waals surface area contributed by atoms with Crippen molar-refractivity contribution in [1.29, 1.82) is 0 Å². The Hall–Kier alpha value is -1.03. The first-order valence-electron chi connectivity index (χ1n) is 10.6. The number of urea groups is 1. The first kappa shape index (κ1) is 25.2. The topological polar surface area (TPSA) is 109 Å². The summed E-state index contributed by atoms with van der Waals surface area (Å²) in [6.07, 6.45) is 12.0. The molecule has 2 amide bonds. The normalized spacial score (nSPS) is 23.3. The minimum Gasteiger partial charge on any atom is -0.480 e. The molecule has 170 valence electrons. The van der Waals surface area contributed by atoms with E-state index in [1.807, 2.05) is 0 Å². The smallest absolute Gasteiger partial charge is 0.324 e. The average molecular weight is 477 g/mol. The number of halogens is 1. The van der Waals surface area contributed by atoms with Crippen LogP contribution in [0.25, 0.3) is 0 Å². The summed E-state index contributed by atoms with van der Waals surface area (Å²) in [4.78, 5) is 30.5. The lowest BCUT2D eigenvalue weighted by atomic mass is 9.84. The van der Waals surface area contributed by atoms with E-state index in [0.29, 0.717) is 17.2 Å². The molecule has 0 bridgehead atoms. The molecule has 2 saturated carbocycles. The van der Waals surface area contributed by atoms with Gasteiger partial charge in [-0.2, -0.15) is 0 Å². The Labute approximate surface area is 193 Å². The monoisotopic (exact) mass is 476 g/mol. The number of carbonyl (C=O) groups is 2. The molecule has 0 aliphatic heterocycles. The molecule has 2 aliphatic carbocycles. The third-order valence-electron chi connectivity index (χ3n) is 6.00. The van der Waals surface area contributed by atoms with Crippen LogP contribution in [0.5, 0.6) is 0 Å². The van der Waals surface area contributed by atoms with Crippen molar-refractivity contribution in [3.05, 3.63) is 6.20 Å². The Balaban J connectivity index is 0.00000320. The first-order valence-corrected chi connectivity index (χ1v) is 12.4. The highest BCUT2D eigenvalue weighted by atomic mass is 35.5. The van der Waals surface area contributed by atoms with Crippen LogP contribution in [0, 0.1) is 5.92 Å². The van der Waals surface area contributed by atoms with Gasteiger partial charge in [0.05, 0.1) is 10.4 Å². The molecule has 30 heavy (non-hydrogen) atoms. The number of carbonyl (C=O) groups excluding carboxylic acids is 1. The molecule has 7 nitrogen and oxygen atoms in total. The van der Waals surface area contributed by atoms with Crippen LogP contribution < -0.4 is 11.1 Å². The standard InChI is InChI=1S/C20H32N4O3S2.ClH/c1-13-7-9-15(10-8-13)24(14-5-3-2-4-6-14)20(27)23-19-22-11-17(29-19)28-12-16(21)18(25)26;/h11,13-16H,2-10,12,21H2,1H3,(H,25,26)(H,22,23,27);1H/t13-,15-,16-;/m1./s1. The fourth-order valence-electron chi connectivity index (χ4n) is 4.29. The molecule has 1 atom stereocenters. The van der Waals surface area contributed by atoms with Gasteiger partial charge in [-0.1, -0.05) is 37.5 Å². The molecule has 1 aromatic heterocycles. The highest BCUT2D eigenvalue weighted by Crippen LogP contribution is 2.34. The summed E-state index contributed by atoms with van der Waals surface area (Å²) in [6.45, 7) is 2.30. The summed E-state index contributed by atoms with van der Waals surface area (Å²) in [5.41, 5.74) is 5.55.